The van der Waals surface area contributed by atoms with Gasteiger partial charge in [-0.2, -0.15) is 0 Å². The minimum absolute atomic E-state index is 0.0732. The van der Waals surface area contributed by atoms with Crippen LogP contribution in [-0.2, 0) is 14.2 Å². The third-order valence-electron chi connectivity index (χ3n) is 14.4. The first-order valence-electron chi connectivity index (χ1n) is 18.8. The Morgan fingerprint density at radius 1 is 1.09 bits per heavy atom. The zero-order valence-electron chi connectivity index (χ0n) is 30.2. The number of nitrogens with zero attached hydrogens (tertiary/aromatic N) is 1. The molecule has 47 heavy (non-hydrogen) atoms. The lowest BCUT2D eigenvalue weighted by Crippen LogP contribution is -2.66. The number of nitrogens with one attached hydrogen (secondary N) is 1. The molecule has 10 nitrogen and oxygen atoms in total. The monoisotopic (exact) mass is 663 g/mol. The summed E-state index contributed by atoms with van der Waals surface area (Å²) in [6, 6.07) is 0. The third kappa shape index (κ3) is 6.08. The van der Waals surface area contributed by atoms with Crippen LogP contribution in [0.1, 0.15) is 106 Å². The van der Waals surface area contributed by atoms with E-state index in [1.54, 1.807) is 13.8 Å². The Hall–Kier alpha value is -1.01. The number of alkyl carbamates (subject to hydrolysis) is 1. The highest BCUT2D eigenvalue weighted by Crippen LogP contribution is 2.84. The van der Waals surface area contributed by atoms with Crippen molar-refractivity contribution in [2.75, 3.05) is 32.8 Å². The molecule has 6 aliphatic rings. The predicted molar refractivity (Wildman–Crippen MR) is 180 cm³/mol. The van der Waals surface area contributed by atoms with Gasteiger partial charge in [0.2, 0.25) is 0 Å². The molecule has 2 aliphatic heterocycles. The average Bonchev–Trinajstić information content (AvgIpc) is 3.63. The standard InChI is InChI=1S/C37H65N3O7/c1-8-45-31(34(5,6)44)25-18-22(2)24-10-9-14-36-21-37(36)15-13-28(47-32(43)39-16-17-40-19-23(41)20-40)33(3,4)26(37)11-12-27(36)35(7,38)30(42)29(24)46-25/h22-31,41-42,44H,8-21,38H2,1-7H3,(H,39,43). The normalized spacial score (nSPS) is 45.8. The molecule has 12 atom stereocenters. The van der Waals surface area contributed by atoms with Gasteiger partial charge in [-0.15, -0.1) is 0 Å². The lowest BCUT2D eigenvalue weighted by atomic mass is 9.49. The highest BCUT2D eigenvalue weighted by molar-refractivity contribution is 5.67. The molecule has 4 saturated carbocycles. The third-order valence-corrected chi connectivity index (χ3v) is 14.4. The van der Waals surface area contributed by atoms with Crippen molar-refractivity contribution in [3.05, 3.63) is 0 Å². The fourth-order valence-electron chi connectivity index (χ4n) is 12.1. The molecule has 0 radical (unpaired) electrons. The topological polar surface area (TPSA) is 147 Å². The number of β-amino-alcohol motifs (C(OH)–C–C–N with tert-alkyl or cyclic N) is 1. The molecule has 2 saturated heterocycles. The lowest BCUT2D eigenvalue weighted by molar-refractivity contribution is -0.229. The summed E-state index contributed by atoms with van der Waals surface area (Å²) in [7, 11) is 0. The van der Waals surface area contributed by atoms with Crippen LogP contribution in [0.2, 0.25) is 0 Å². The van der Waals surface area contributed by atoms with Gasteiger partial charge in [-0.25, -0.2) is 4.79 Å². The molecule has 0 aromatic heterocycles. The number of aliphatic hydroxyl groups is 3. The second-order valence-electron chi connectivity index (χ2n) is 18.0. The van der Waals surface area contributed by atoms with Gasteiger partial charge in [0.15, 0.2) is 0 Å². The molecule has 0 bridgehead atoms. The fraction of sp³-hybridized carbons (Fsp3) is 0.973. The van der Waals surface area contributed by atoms with Gasteiger partial charge in [0.1, 0.15) is 12.2 Å². The molecule has 1 amide bonds. The highest BCUT2D eigenvalue weighted by Gasteiger charge is 2.79. The van der Waals surface area contributed by atoms with Crippen molar-refractivity contribution in [1.29, 1.82) is 0 Å². The number of carbonyl (C=O) groups is 1. The van der Waals surface area contributed by atoms with Crippen LogP contribution in [0.4, 0.5) is 4.79 Å². The van der Waals surface area contributed by atoms with E-state index in [4.69, 9.17) is 19.9 Å². The summed E-state index contributed by atoms with van der Waals surface area (Å²) < 4.78 is 19.0. The Morgan fingerprint density at radius 3 is 2.43 bits per heavy atom. The molecular weight excluding hydrogens is 598 g/mol. The number of carbonyl (C=O) groups excluding carboxylic acids is 1. The fourth-order valence-corrected chi connectivity index (χ4v) is 12.1. The molecule has 2 heterocycles. The molecule has 4 aliphatic carbocycles. The smallest absolute Gasteiger partial charge is 0.407 e. The molecule has 6 fully saturated rings. The van der Waals surface area contributed by atoms with E-state index in [0.717, 1.165) is 64.3 Å². The van der Waals surface area contributed by atoms with Gasteiger partial charge in [0, 0.05) is 43.7 Å². The van der Waals surface area contributed by atoms with Gasteiger partial charge in [0.25, 0.3) is 0 Å². The first-order chi connectivity index (χ1) is 22.0. The Labute approximate surface area is 282 Å². The van der Waals surface area contributed by atoms with Crippen molar-refractivity contribution in [3.63, 3.8) is 0 Å². The number of hydrogen-bond acceptors (Lipinski definition) is 9. The summed E-state index contributed by atoms with van der Waals surface area (Å²) in [5.74, 6) is 1.10. The largest absolute Gasteiger partial charge is 0.446 e. The first kappa shape index (κ1) is 35.8. The summed E-state index contributed by atoms with van der Waals surface area (Å²) in [5, 5.41) is 35.8. The van der Waals surface area contributed by atoms with E-state index in [0.29, 0.717) is 38.1 Å². The SMILES string of the molecule is CCOC(C1CC(C)C2CCCC34CC35CCC(OC(=O)NCCN3CC(O)C3)C(C)(C)C5CCC4C(C)(N)C(O)C2O1)C(C)(C)O. The molecule has 12 unspecified atom stereocenters. The van der Waals surface area contributed by atoms with E-state index in [1.165, 1.54) is 0 Å². The minimum atomic E-state index is -1.07. The van der Waals surface area contributed by atoms with E-state index < -0.39 is 29.5 Å². The number of ether oxygens (including phenoxy) is 3. The van der Waals surface area contributed by atoms with Crippen LogP contribution in [-0.4, -0.2) is 107 Å². The summed E-state index contributed by atoms with van der Waals surface area (Å²) >= 11 is 0. The zero-order chi connectivity index (χ0) is 34.2. The van der Waals surface area contributed by atoms with Crippen molar-refractivity contribution >= 4 is 6.09 Å². The summed E-state index contributed by atoms with van der Waals surface area (Å²) in [5.41, 5.74) is 5.57. The van der Waals surface area contributed by atoms with Crippen LogP contribution in [0, 0.1) is 39.9 Å². The maximum atomic E-state index is 12.9. The molecule has 270 valence electrons. The van der Waals surface area contributed by atoms with Crippen molar-refractivity contribution in [1.82, 2.24) is 10.2 Å². The van der Waals surface area contributed by atoms with E-state index in [9.17, 15) is 20.1 Å². The van der Waals surface area contributed by atoms with Crippen LogP contribution >= 0.6 is 0 Å². The molecule has 2 spiro atoms. The van der Waals surface area contributed by atoms with Gasteiger partial charge in [0.05, 0.1) is 30.0 Å². The Kier molecular flexibility index (Phi) is 9.63. The molecule has 0 aromatic rings. The van der Waals surface area contributed by atoms with Crippen molar-refractivity contribution < 1.29 is 34.3 Å². The Morgan fingerprint density at radius 2 is 1.77 bits per heavy atom. The second-order valence-corrected chi connectivity index (χ2v) is 18.0. The summed E-state index contributed by atoms with van der Waals surface area (Å²) in [6.07, 6.45) is 6.19. The number of likely N-dealkylation sites (tertiary alicyclic amines) is 1. The maximum absolute atomic E-state index is 12.9. The van der Waals surface area contributed by atoms with Crippen molar-refractivity contribution in [2.24, 2.45) is 45.7 Å². The van der Waals surface area contributed by atoms with Crippen LogP contribution in [0.25, 0.3) is 0 Å². The van der Waals surface area contributed by atoms with Gasteiger partial charge in [-0.3, -0.25) is 4.90 Å². The van der Waals surface area contributed by atoms with Crippen molar-refractivity contribution in [3.8, 4) is 0 Å². The number of nitrogens with two attached hydrogens (primary N) is 1. The summed E-state index contributed by atoms with van der Waals surface area (Å²) in [4.78, 5) is 15.0. The van der Waals surface area contributed by atoms with E-state index in [-0.39, 0.29) is 52.5 Å². The first-order valence-corrected chi connectivity index (χ1v) is 18.8. The number of hydrogen-bond donors (Lipinski definition) is 5. The van der Waals surface area contributed by atoms with E-state index in [2.05, 4.69) is 37.9 Å². The Bertz CT molecular complexity index is 1140. The second kappa shape index (κ2) is 12.6. The van der Waals surface area contributed by atoms with Crippen LogP contribution < -0.4 is 11.1 Å². The van der Waals surface area contributed by atoms with Crippen LogP contribution in [0.5, 0.6) is 0 Å². The van der Waals surface area contributed by atoms with Gasteiger partial charge in [-0.1, -0.05) is 27.2 Å². The molecule has 0 aromatic carbocycles. The van der Waals surface area contributed by atoms with Crippen molar-refractivity contribution in [2.45, 2.75) is 154 Å². The molecular formula is C37H65N3O7. The van der Waals surface area contributed by atoms with E-state index in [1.807, 2.05) is 6.92 Å². The Balaban J connectivity index is 1.18. The number of aliphatic hydroxyl groups excluding tert-OH is 2. The molecule has 6 rings (SSSR count). The minimum Gasteiger partial charge on any atom is -0.446 e. The quantitative estimate of drug-likeness (QED) is 0.262. The van der Waals surface area contributed by atoms with Gasteiger partial charge in [-0.05, 0) is 114 Å². The van der Waals surface area contributed by atoms with Gasteiger partial charge >= 0.3 is 6.09 Å². The van der Waals surface area contributed by atoms with Gasteiger partial charge < -0.3 is 40.6 Å². The number of fused-ring (bicyclic) bond motifs is 1. The maximum Gasteiger partial charge on any atom is 0.407 e. The molecule has 6 N–H and O–H groups in total. The summed E-state index contributed by atoms with van der Waals surface area (Å²) in [6.45, 7) is 17.5. The lowest BCUT2D eigenvalue weighted by Gasteiger charge is -2.58. The number of amides is 1. The predicted octanol–water partition coefficient (Wildman–Crippen LogP) is 3.83. The van der Waals surface area contributed by atoms with Crippen LogP contribution in [0.3, 0.4) is 0 Å². The average molecular weight is 664 g/mol. The highest BCUT2D eigenvalue weighted by atomic mass is 16.6. The van der Waals surface area contributed by atoms with Crippen LogP contribution in [0.15, 0.2) is 0 Å². The molecule has 10 heteroatoms. The zero-order valence-corrected chi connectivity index (χ0v) is 30.2. The van der Waals surface area contributed by atoms with E-state index >= 15 is 0 Å². The number of rotatable bonds is 8.